The Morgan fingerprint density at radius 2 is 2.07 bits per heavy atom. The highest BCUT2D eigenvalue weighted by atomic mass is 35.5. The summed E-state index contributed by atoms with van der Waals surface area (Å²) in [7, 11) is 0. The van der Waals surface area contributed by atoms with E-state index < -0.39 is 0 Å². The Labute approximate surface area is 91.0 Å². The number of nitrogens with one attached hydrogen (secondary N) is 1. The monoisotopic (exact) mass is 224 g/mol. The molecule has 2 unspecified atom stereocenters. The van der Waals surface area contributed by atoms with Gasteiger partial charge in [-0.3, -0.25) is 0 Å². The number of nitrogens with zero attached hydrogens (tertiary/aromatic N) is 1. The minimum absolute atomic E-state index is 0.0661. The molecule has 0 spiro atoms. The molecule has 14 heavy (non-hydrogen) atoms. The second-order valence-corrected chi connectivity index (χ2v) is 3.83. The van der Waals surface area contributed by atoms with Crippen LogP contribution in [0.15, 0.2) is 0 Å². The van der Waals surface area contributed by atoms with E-state index in [1.807, 2.05) is 13.8 Å². The van der Waals surface area contributed by atoms with Crippen molar-refractivity contribution in [2.45, 2.75) is 32.4 Å². The zero-order valence-electron chi connectivity index (χ0n) is 8.91. The van der Waals surface area contributed by atoms with Crippen molar-refractivity contribution >= 4 is 11.8 Å². The lowest BCUT2D eigenvalue weighted by Crippen LogP contribution is -2.40. The quantitative estimate of drug-likeness (QED) is 0.515. The third kappa shape index (κ3) is 6.56. The van der Waals surface area contributed by atoms with E-state index in [4.69, 9.17) is 16.9 Å². The first kappa shape index (κ1) is 14.1. The standard InChI is InChI=1S/C9H21ClN2O2/c1-3-9(14)8(2)11-4-5-12(10)6-7-13/h8-9,11,13-14H,3-7H2,1-2H3. The molecule has 0 saturated heterocycles. The molecule has 86 valence electrons. The van der Waals surface area contributed by atoms with E-state index in [1.165, 1.54) is 4.42 Å². The molecule has 0 saturated carbocycles. The van der Waals surface area contributed by atoms with E-state index in [1.54, 1.807) is 0 Å². The largest absolute Gasteiger partial charge is 0.395 e. The maximum absolute atomic E-state index is 9.45. The summed E-state index contributed by atoms with van der Waals surface area (Å²) in [4.78, 5) is 0. The summed E-state index contributed by atoms with van der Waals surface area (Å²) in [5, 5.41) is 21.2. The molecule has 4 nitrogen and oxygen atoms in total. The number of aliphatic hydroxyl groups excluding tert-OH is 2. The van der Waals surface area contributed by atoms with Crippen molar-refractivity contribution in [3.8, 4) is 0 Å². The molecule has 5 heteroatoms. The number of hydrogen-bond acceptors (Lipinski definition) is 4. The van der Waals surface area contributed by atoms with Crippen molar-refractivity contribution < 1.29 is 10.2 Å². The maximum Gasteiger partial charge on any atom is 0.0687 e. The number of halogens is 1. The molecule has 0 bridgehead atoms. The highest BCUT2D eigenvalue weighted by molar-refractivity contribution is 6.13. The Hall–Kier alpha value is 0.130. The van der Waals surface area contributed by atoms with Crippen molar-refractivity contribution in [3.63, 3.8) is 0 Å². The summed E-state index contributed by atoms with van der Waals surface area (Å²) in [6, 6.07) is 0.0826. The average Bonchev–Trinajstić information content (AvgIpc) is 2.16. The van der Waals surface area contributed by atoms with Crippen LogP contribution in [0.5, 0.6) is 0 Å². The molecular weight excluding hydrogens is 204 g/mol. The molecule has 0 aliphatic carbocycles. The van der Waals surface area contributed by atoms with Crippen LogP contribution in [-0.2, 0) is 0 Å². The average molecular weight is 225 g/mol. The molecule has 3 N–H and O–H groups in total. The van der Waals surface area contributed by atoms with E-state index in [0.29, 0.717) is 19.6 Å². The van der Waals surface area contributed by atoms with Gasteiger partial charge in [0.15, 0.2) is 0 Å². The van der Waals surface area contributed by atoms with Crippen molar-refractivity contribution in [3.05, 3.63) is 0 Å². The van der Waals surface area contributed by atoms with Crippen LogP contribution in [0.2, 0.25) is 0 Å². The molecule has 2 atom stereocenters. The van der Waals surface area contributed by atoms with Gasteiger partial charge in [0.25, 0.3) is 0 Å². The lowest BCUT2D eigenvalue weighted by Gasteiger charge is -2.20. The summed E-state index contributed by atoms with van der Waals surface area (Å²) < 4.78 is 1.53. The number of hydrogen-bond donors (Lipinski definition) is 3. The Balaban J connectivity index is 3.43. The van der Waals surface area contributed by atoms with Gasteiger partial charge in [-0.1, -0.05) is 6.92 Å². The van der Waals surface area contributed by atoms with E-state index in [2.05, 4.69) is 5.32 Å². The van der Waals surface area contributed by atoms with Gasteiger partial charge in [0, 0.05) is 25.7 Å². The maximum atomic E-state index is 9.45. The Morgan fingerprint density at radius 1 is 1.43 bits per heavy atom. The number of aliphatic hydroxyl groups is 2. The van der Waals surface area contributed by atoms with Crippen LogP contribution < -0.4 is 5.32 Å². The zero-order chi connectivity index (χ0) is 11.0. The molecule has 0 aromatic rings. The summed E-state index contributed by atoms with van der Waals surface area (Å²) in [5.74, 6) is 0. The van der Waals surface area contributed by atoms with E-state index in [-0.39, 0.29) is 18.8 Å². The second-order valence-electron chi connectivity index (χ2n) is 3.35. The molecule has 0 rings (SSSR count). The van der Waals surface area contributed by atoms with Gasteiger partial charge in [0.05, 0.1) is 12.7 Å². The van der Waals surface area contributed by atoms with Gasteiger partial charge in [-0.05, 0) is 25.1 Å². The minimum Gasteiger partial charge on any atom is -0.395 e. The predicted molar refractivity (Wildman–Crippen MR) is 58.3 cm³/mol. The van der Waals surface area contributed by atoms with Crippen molar-refractivity contribution in [1.82, 2.24) is 9.74 Å². The summed E-state index contributed by atoms with van der Waals surface area (Å²) in [5.41, 5.74) is 0. The van der Waals surface area contributed by atoms with E-state index >= 15 is 0 Å². The van der Waals surface area contributed by atoms with Gasteiger partial charge in [0.2, 0.25) is 0 Å². The lowest BCUT2D eigenvalue weighted by atomic mass is 10.1. The van der Waals surface area contributed by atoms with Crippen molar-refractivity contribution in [1.29, 1.82) is 0 Å². The van der Waals surface area contributed by atoms with E-state index in [0.717, 1.165) is 6.42 Å². The Kier molecular flexibility index (Phi) is 8.52. The van der Waals surface area contributed by atoms with E-state index in [9.17, 15) is 5.11 Å². The van der Waals surface area contributed by atoms with Crippen LogP contribution in [0.4, 0.5) is 0 Å². The van der Waals surface area contributed by atoms with Crippen LogP contribution in [0, 0.1) is 0 Å². The van der Waals surface area contributed by atoms with Crippen molar-refractivity contribution in [2.75, 3.05) is 26.2 Å². The zero-order valence-corrected chi connectivity index (χ0v) is 9.67. The van der Waals surface area contributed by atoms with Crippen LogP contribution >= 0.6 is 11.8 Å². The van der Waals surface area contributed by atoms with Crippen molar-refractivity contribution in [2.24, 2.45) is 0 Å². The first-order chi connectivity index (χ1) is 6.61. The van der Waals surface area contributed by atoms with Gasteiger partial charge in [-0.15, -0.1) is 0 Å². The highest BCUT2D eigenvalue weighted by Gasteiger charge is 2.10. The third-order valence-electron chi connectivity index (χ3n) is 2.16. The SMILES string of the molecule is CCC(O)C(C)NCCN(Cl)CCO. The molecule has 0 aliphatic rings. The smallest absolute Gasteiger partial charge is 0.0687 e. The minimum atomic E-state index is -0.309. The van der Waals surface area contributed by atoms with Gasteiger partial charge in [-0.2, -0.15) is 0 Å². The topological polar surface area (TPSA) is 55.7 Å². The molecule has 0 aromatic heterocycles. The molecular formula is C9H21ClN2O2. The molecule has 0 aromatic carbocycles. The molecule has 0 heterocycles. The normalized spacial score (nSPS) is 15.9. The Morgan fingerprint density at radius 3 is 2.57 bits per heavy atom. The summed E-state index contributed by atoms with van der Waals surface area (Å²) >= 11 is 5.75. The van der Waals surface area contributed by atoms with Crippen LogP contribution in [0.3, 0.4) is 0 Å². The van der Waals surface area contributed by atoms with Crippen LogP contribution in [0.1, 0.15) is 20.3 Å². The van der Waals surface area contributed by atoms with Gasteiger partial charge >= 0.3 is 0 Å². The molecule has 0 radical (unpaired) electrons. The van der Waals surface area contributed by atoms with Gasteiger partial charge < -0.3 is 15.5 Å². The fourth-order valence-electron chi connectivity index (χ4n) is 1.12. The van der Waals surface area contributed by atoms with Crippen LogP contribution in [0.25, 0.3) is 0 Å². The van der Waals surface area contributed by atoms with Gasteiger partial charge in [0.1, 0.15) is 0 Å². The molecule has 0 fully saturated rings. The first-order valence-corrected chi connectivity index (χ1v) is 5.38. The second kappa shape index (κ2) is 8.44. The number of rotatable bonds is 8. The molecule has 0 aliphatic heterocycles. The predicted octanol–water partition coefficient (Wildman–Crippen LogP) is 0.184. The lowest BCUT2D eigenvalue weighted by molar-refractivity contribution is 0.129. The fourth-order valence-corrected chi connectivity index (χ4v) is 1.28. The first-order valence-electron chi connectivity index (χ1n) is 5.04. The van der Waals surface area contributed by atoms with Gasteiger partial charge in [-0.25, -0.2) is 4.42 Å². The highest BCUT2D eigenvalue weighted by Crippen LogP contribution is 1.97. The summed E-state index contributed by atoms with van der Waals surface area (Å²) in [6.07, 6.45) is 0.437. The Bertz CT molecular complexity index is 138. The summed E-state index contributed by atoms with van der Waals surface area (Å²) in [6.45, 7) is 5.79. The molecule has 0 amide bonds. The van der Waals surface area contributed by atoms with Crippen LogP contribution in [-0.4, -0.2) is 53.0 Å². The fraction of sp³-hybridized carbons (Fsp3) is 1.00. The third-order valence-corrected chi connectivity index (χ3v) is 2.50.